The minimum atomic E-state index is -5.14. The van der Waals surface area contributed by atoms with E-state index in [1.807, 2.05) is 24.5 Å². The third-order valence-corrected chi connectivity index (χ3v) is 3.89. The summed E-state index contributed by atoms with van der Waals surface area (Å²) in [7, 11) is 0. The Bertz CT molecular complexity index is 876. The molecule has 1 aromatic heterocycles. The highest BCUT2D eigenvalue weighted by Crippen LogP contribution is 2.41. The monoisotopic (exact) mass is 380 g/mol. The van der Waals surface area contributed by atoms with Gasteiger partial charge in [0.25, 0.3) is 5.72 Å². The van der Waals surface area contributed by atoms with Crippen LogP contribution in [0.25, 0.3) is 0 Å². The fraction of sp³-hybridized carbons (Fsp3) is 0.235. The maximum atomic E-state index is 13.4. The number of nitrogens with one attached hydrogen (secondary N) is 1. The highest BCUT2D eigenvalue weighted by molar-refractivity contribution is 6.01. The van der Waals surface area contributed by atoms with Gasteiger partial charge in [0.15, 0.2) is 0 Å². The van der Waals surface area contributed by atoms with E-state index in [2.05, 4.69) is 10.2 Å². The highest BCUT2D eigenvalue weighted by atomic mass is 19.4. The SMILES string of the molecule is Cc1ccc(/C=N/NC(=O)N2N=C(c3ccco3)CC2(O)C(F)(F)F)cc1. The van der Waals surface area contributed by atoms with Crippen LogP contribution in [0.4, 0.5) is 18.0 Å². The van der Waals surface area contributed by atoms with Crippen LogP contribution >= 0.6 is 0 Å². The van der Waals surface area contributed by atoms with Crippen molar-refractivity contribution < 1.29 is 27.5 Å². The molecule has 0 fully saturated rings. The van der Waals surface area contributed by atoms with Crippen molar-refractivity contribution in [1.82, 2.24) is 10.4 Å². The van der Waals surface area contributed by atoms with Crippen molar-refractivity contribution in [2.75, 3.05) is 0 Å². The Morgan fingerprint density at radius 3 is 2.67 bits per heavy atom. The van der Waals surface area contributed by atoms with Crippen LogP contribution in [0.15, 0.2) is 57.3 Å². The molecule has 0 aliphatic carbocycles. The fourth-order valence-corrected chi connectivity index (χ4v) is 2.42. The van der Waals surface area contributed by atoms with Crippen molar-refractivity contribution in [2.24, 2.45) is 10.2 Å². The van der Waals surface area contributed by atoms with E-state index in [0.717, 1.165) is 5.56 Å². The van der Waals surface area contributed by atoms with Gasteiger partial charge in [-0.15, -0.1) is 0 Å². The van der Waals surface area contributed by atoms with Crippen molar-refractivity contribution in [3.63, 3.8) is 0 Å². The zero-order valence-electron chi connectivity index (χ0n) is 14.1. The number of aliphatic hydroxyl groups is 1. The minimum Gasteiger partial charge on any atom is -0.463 e. The molecule has 2 N–H and O–H groups in total. The van der Waals surface area contributed by atoms with Crippen LogP contribution in [0.2, 0.25) is 0 Å². The first-order valence-electron chi connectivity index (χ1n) is 7.81. The summed E-state index contributed by atoms with van der Waals surface area (Å²) < 4.78 is 45.1. The number of carbonyl (C=O) groups is 1. The number of hydrogen-bond donors (Lipinski definition) is 2. The number of nitrogens with zero attached hydrogens (tertiary/aromatic N) is 3. The lowest BCUT2D eigenvalue weighted by Gasteiger charge is -2.31. The van der Waals surface area contributed by atoms with Gasteiger partial charge in [-0.1, -0.05) is 29.8 Å². The number of halogens is 3. The number of rotatable bonds is 3. The summed E-state index contributed by atoms with van der Waals surface area (Å²) in [6.07, 6.45) is -3.59. The first-order valence-corrected chi connectivity index (χ1v) is 7.81. The third kappa shape index (κ3) is 3.70. The largest absolute Gasteiger partial charge is 0.463 e. The quantitative estimate of drug-likeness (QED) is 0.634. The van der Waals surface area contributed by atoms with Gasteiger partial charge in [0.05, 0.1) is 18.9 Å². The van der Waals surface area contributed by atoms with Gasteiger partial charge in [0.2, 0.25) is 0 Å². The number of furan rings is 1. The summed E-state index contributed by atoms with van der Waals surface area (Å²) in [5.74, 6) is 0.0242. The van der Waals surface area contributed by atoms with Crippen molar-refractivity contribution in [3.8, 4) is 0 Å². The predicted molar refractivity (Wildman–Crippen MR) is 90.0 cm³/mol. The smallest absolute Gasteiger partial charge is 0.438 e. The molecule has 2 amide bonds. The molecule has 142 valence electrons. The van der Waals surface area contributed by atoms with E-state index in [0.29, 0.717) is 5.56 Å². The number of hydrazone groups is 2. The third-order valence-electron chi connectivity index (χ3n) is 3.89. The Hall–Kier alpha value is -3.14. The minimum absolute atomic E-state index is 0.0242. The molecule has 0 bridgehead atoms. The van der Waals surface area contributed by atoms with E-state index >= 15 is 0 Å². The number of carbonyl (C=O) groups excluding carboxylic acids is 1. The summed E-state index contributed by atoms with van der Waals surface area (Å²) in [5, 5.41) is 17.2. The topological polar surface area (TPSA) is 90.4 Å². The molecular weight excluding hydrogens is 365 g/mol. The summed E-state index contributed by atoms with van der Waals surface area (Å²) in [4.78, 5) is 12.2. The van der Waals surface area contributed by atoms with E-state index in [4.69, 9.17) is 4.42 Å². The van der Waals surface area contributed by atoms with Crippen molar-refractivity contribution in [3.05, 3.63) is 59.5 Å². The lowest BCUT2D eigenvalue weighted by Crippen LogP contribution is -2.58. The van der Waals surface area contributed by atoms with E-state index in [9.17, 15) is 23.1 Å². The van der Waals surface area contributed by atoms with E-state index in [1.54, 1.807) is 12.1 Å². The molecule has 0 spiro atoms. The zero-order valence-corrected chi connectivity index (χ0v) is 14.1. The molecule has 1 atom stereocenters. The number of benzene rings is 1. The van der Waals surface area contributed by atoms with Gasteiger partial charge in [0.1, 0.15) is 11.5 Å². The first-order chi connectivity index (χ1) is 12.7. The summed E-state index contributed by atoms with van der Waals surface area (Å²) >= 11 is 0. The number of alkyl halides is 3. The van der Waals surface area contributed by atoms with Gasteiger partial charge in [-0.2, -0.15) is 28.4 Å². The molecule has 0 saturated heterocycles. The van der Waals surface area contributed by atoms with E-state index in [-0.39, 0.29) is 16.5 Å². The standard InChI is InChI=1S/C17H15F3N4O3/c1-11-4-6-12(7-5-11)10-21-22-15(25)24-16(26,17(18,19)20)9-13(23-24)14-3-2-8-27-14/h2-8,10,26H,9H2,1H3,(H,22,25)/b21-10+. The lowest BCUT2D eigenvalue weighted by molar-refractivity contribution is -0.297. The summed E-state index contributed by atoms with van der Waals surface area (Å²) in [5.41, 5.74) is -0.123. The van der Waals surface area contributed by atoms with Gasteiger partial charge >= 0.3 is 12.2 Å². The second-order valence-corrected chi connectivity index (χ2v) is 5.91. The second-order valence-electron chi connectivity index (χ2n) is 5.91. The van der Waals surface area contributed by atoms with Crippen LogP contribution in [-0.4, -0.2) is 40.0 Å². The van der Waals surface area contributed by atoms with Crippen LogP contribution < -0.4 is 5.43 Å². The van der Waals surface area contributed by atoms with Crippen LogP contribution in [0.5, 0.6) is 0 Å². The molecule has 3 rings (SSSR count). The van der Waals surface area contributed by atoms with Crippen molar-refractivity contribution >= 4 is 18.0 Å². The van der Waals surface area contributed by atoms with Gasteiger partial charge in [-0.25, -0.2) is 10.2 Å². The van der Waals surface area contributed by atoms with Crippen LogP contribution in [-0.2, 0) is 0 Å². The Morgan fingerprint density at radius 2 is 2.07 bits per heavy atom. The maximum Gasteiger partial charge on any atom is 0.438 e. The molecule has 2 aromatic rings. The molecule has 7 nitrogen and oxygen atoms in total. The van der Waals surface area contributed by atoms with Gasteiger partial charge < -0.3 is 9.52 Å². The Balaban J connectivity index is 1.80. The summed E-state index contributed by atoms with van der Waals surface area (Å²) in [6.45, 7) is 1.89. The average Bonchev–Trinajstić information content (AvgIpc) is 3.24. The fourth-order valence-electron chi connectivity index (χ4n) is 2.42. The number of hydrogen-bond acceptors (Lipinski definition) is 5. The Kier molecular flexibility index (Phi) is 4.75. The molecule has 1 aliphatic heterocycles. The molecule has 1 unspecified atom stereocenters. The molecule has 10 heteroatoms. The van der Waals surface area contributed by atoms with E-state index < -0.39 is 24.4 Å². The Labute approximate surface area is 151 Å². The Morgan fingerprint density at radius 1 is 1.37 bits per heavy atom. The average molecular weight is 380 g/mol. The van der Waals surface area contributed by atoms with Crippen LogP contribution in [0.1, 0.15) is 23.3 Å². The van der Waals surface area contributed by atoms with Crippen LogP contribution in [0.3, 0.4) is 0 Å². The molecule has 1 aromatic carbocycles. The van der Waals surface area contributed by atoms with Crippen LogP contribution in [0, 0.1) is 6.92 Å². The molecule has 1 aliphatic rings. The van der Waals surface area contributed by atoms with Gasteiger partial charge in [0, 0.05) is 0 Å². The predicted octanol–water partition coefficient (Wildman–Crippen LogP) is 2.99. The molecule has 2 heterocycles. The van der Waals surface area contributed by atoms with Crippen molar-refractivity contribution in [1.29, 1.82) is 0 Å². The molecule has 0 saturated carbocycles. The molecule has 27 heavy (non-hydrogen) atoms. The lowest BCUT2D eigenvalue weighted by atomic mass is 10.1. The number of urea groups is 1. The number of aryl methyl sites for hydroxylation is 1. The second kappa shape index (κ2) is 6.88. The van der Waals surface area contributed by atoms with Gasteiger partial charge in [-0.05, 0) is 24.6 Å². The molecular formula is C17H15F3N4O3. The first kappa shape index (κ1) is 18.6. The maximum absolute atomic E-state index is 13.4. The summed E-state index contributed by atoms with van der Waals surface area (Å²) in [6, 6.07) is 8.57. The van der Waals surface area contributed by atoms with E-state index in [1.165, 1.54) is 24.6 Å². The number of amides is 2. The zero-order chi connectivity index (χ0) is 19.7. The van der Waals surface area contributed by atoms with Crippen molar-refractivity contribution in [2.45, 2.75) is 25.2 Å². The molecule has 0 radical (unpaired) electrons. The normalized spacial score (nSPS) is 20.2. The highest BCUT2D eigenvalue weighted by Gasteiger charge is 2.63. The van der Waals surface area contributed by atoms with Gasteiger partial charge in [-0.3, -0.25) is 0 Å².